The molecule has 0 saturated carbocycles. The molecule has 0 spiro atoms. The van der Waals surface area contributed by atoms with E-state index in [9.17, 15) is 9.90 Å². The number of carbonyl (C=O) groups is 1. The first kappa shape index (κ1) is 13.7. The molecule has 1 atom stereocenters. The van der Waals surface area contributed by atoms with Gasteiger partial charge >= 0.3 is 0 Å². The number of nitrogens with one attached hydrogen (secondary N) is 1. The van der Waals surface area contributed by atoms with Crippen LogP contribution in [-0.4, -0.2) is 47.8 Å². The largest absolute Gasteiger partial charge is 0.477 e. The summed E-state index contributed by atoms with van der Waals surface area (Å²) in [5.41, 5.74) is -0.0126. The Balaban J connectivity index is 2.03. The molecule has 5 nitrogen and oxygen atoms in total. The van der Waals surface area contributed by atoms with Crippen molar-refractivity contribution in [3.8, 4) is 5.75 Å². The number of ether oxygens (including phenoxy) is 1. The van der Waals surface area contributed by atoms with E-state index >= 15 is 0 Å². The summed E-state index contributed by atoms with van der Waals surface area (Å²) in [5, 5.41) is 12.9. The number of carbonyl (C=O) groups excluding carboxylic acids is 1. The highest BCUT2D eigenvalue weighted by atomic mass is 16.5. The van der Waals surface area contributed by atoms with Gasteiger partial charge in [0.1, 0.15) is 5.75 Å². The maximum atomic E-state index is 12.2. The Morgan fingerprint density at radius 1 is 1.53 bits per heavy atom. The van der Waals surface area contributed by atoms with Crippen molar-refractivity contribution in [3.63, 3.8) is 0 Å². The van der Waals surface area contributed by atoms with Gasteiger partial charge in [0.15, 0.2) is 6.10 Å². The Bertz CT molecular complexity index is 468. The van der Waals surface area contributed by atoms with Crippen molar-refractivity contribution in [1.29, 1.82) is 0 Å². The van der Waals surface area contributed by atoms with Crippen LogP contribution in [0.15, 0.2) is 24.3 Å². The number of anilines is 1. The van der Waals surface area contributed by atoms with Crippen LogP contribution < -0.4 is 10.1 Å². The molecule has 5 heteroatoms. The summed E-state index contributed by atoms with van der Waals surface area (Å²) in [7, 11) is 1.67. The predicted octanol–water partition coefficient (Wildman–Crippen LogP) is 1.09. The van der Waals surface area contributed by atoms with Crippen molar-refractivity contribution in [2.45, 2.75) is 25.6 Å². The van der Waals surface area contributed by atoms with Gasteiger partial charge in [0.05, 0.1) is 17.8 Å². The molecule has 104 valence electrons. The topological polar surface area (TPSA) is 61.8 Å². The molecule has 1 aromatic rings. The minimum absolute atomic E-state index is 0.135. The Morgan fingerprint density at radius 3 is 2.89 bits per heavy atom. The lowest BCUT2D eigenvalue weighted by molar-refractivity contribution is -0.139. The van der Waals surface area contributed by atoms with Crippen LogP contribution in [0.25, 0.3) is 0 Å². The van der Waals surface area contributed by atoms with Crippen LogP contribution in [0.2, 0.25) is 0 Å². The number of fused-ring (bicyclic) bond motifs is 1. The average molecular weight is 264 g/mol. The first-order valence-electron chi connectivity index (χ1n) is 6.34. The van der Waals surface area contributed by atoms with Crippen LogP contribution in [0, 0.1) is 0 Å². The van der Waals surface area contributed by atoms with Gasteiger partial charge in [-0.3, -0.25) is 4.79 Å². The van der Waals surface area contributed by atoms with E-state index in [-0.39, 0.29) is 12.5 Å². The first-order chi connectivity index (χ1) is 8.87. The fourth-order valence-corrected chi connectivity index (χ4v) is 2.15. The Labute approximate surface area is 113 Å². The van der Waals surface area contributed by atoms with Crippen molar-refractivity contribution < 1.29 is 14.6 Å². The normalized spacial score (nSPS) is 18.0. The second kappa shape index (κ2) is 5.09. The fourth-order valence-electron chi connectivity index (χ4n) is 2.15. The van der Waals surface area contributed by atoms with Gasteiger partial charge in [-0.15, -0.1) is 0 Å². The van der Waals surface area contributed by atoms with Crippen LogP contribution in [-0.2, 0) is 4.79 Å². The summed E-state index contributed by atoms with van der Waals surface area (Å²) >= 11 is 0. The predicted molar refractivity (Wildman–Crippen MR) is 73.3 cm³/mol. The third kappa shape index (κ3) is 3.38. The van der Waals surface area contributed by atoms with E-state index < -0.39 is 11.7 Å². The Morgan fingerprint density at radius 2 is 2.21 bits per heavy atom. The van der Waals surface area contributed by atoms with Crippen LogP contribution in [0.3, 0.4) is 0 Å². The van der Waals surface area contributed by atoms with Gasteiger partial charge in [0.2, 0.25) is 0 Å². The van der Waals surface area contributed by atoms with Crippen LogP contribution in [0.5, 0.6) is 5.75 Å². The van der Waals surface area contributed by atoms with Crippen molar-refractivity contribution >= 4 is 11.6 Å². The lowest BCUT2D eigenvalue weighted by Crippen LogP contribution is -2.49. The van der Waals surface area contributed by atoms with Crippen LogP contribution >= 0.6 is 0 Å². The molecule has 1 heterocycles. The average Bonchev–Trinajstić information content (AvgIpc) is 2.35. The number of aliphatic hydroxyl groups is 1. The number of likely N-dealkylation sites (N-methyl/N-ethyl adjacent to an activating group) is 1. The molecule has 0 fully saturated rings. The number of rotatable bonds is 3. The minimum atomic E-state index is -0.912. The molecular formula is C14H20N2O3. The quantitative estimate of drug-likeness (QED) is 0.858. The summed E-state index contributed by atoms with van der Waals surface area (Å²) in [5.74, 6) is 0.549. The van der Waals surface area contributed by atoms with Crippen LogP contribution in [0.1, 0.15) is 13.8 Å². The molecule has 2 rings (SSSR count). The lowest BCUT2D eigenvalue weighted by Gasteiger charge is -2.32. The SMILES string of the molecule is CN(CC(C)(C)O)C(=O)C1CNc2ccccc2O1. The third-order valence-corrected chi connectivity index (χ3v) is 2.91. The number of hydrogen-bond acceptors (Lipinski definition) is 4. The molecule has 0 aromatic heterocycles. The highest BCUT2D eigenvalue weighted by molar-refractivity contribution is 5.83. The number of hydrogen-bond donors (Lipinski definition) is 2. The fraction of sp³-hybridized carbons (Fsp3) is 0.500. The molecular weight excluding hydrogens is 244 g/mol. The molecule has 0 saturated heterocycles. The summed E-state index contributed by atoms with van der Waals surface area (Å²) in [4.78, 5) is 13.7. The van der Waals surface area contributed by atoms with Crippen molar-refractivity contribution in [2.75, 3.05) is 25.5 Å². The van der Waals surface area contributed by atoms with Gasteiger partial charge in [-0.2, -0.15) is 0 Å². The maximum absolute atomic E-state index is 12.2. The molecule has 1 aromatic carbocycles. The van der Waals surface area contributed by atoms with E-state index in [1.165, 1.54) is 4.90 Å². The van der Waals surface area contributed by atoms with E-state index in [0.717, 1.165) is 5.69 Å². The Hall–Kier alpha value is -1.75. The molecule has 2 N–H and O–H groups in total. The zero-order valence-corrected chi connectivity index (χ0v) is 11.5. The number of para-hydroxylation sites is 2. The number of benzene rings is 1. The molecule has 0 bridgehead atoms. The third-order valence-electron chi connectivity index (χ3n) is 2.91. The summed E-state index contributed by atoms with van der Waals surface area (Å²) in [6, 6.07) is 7.53. The summed E-state index contributed by atoms with van der Waals surface area (Å²) in [6.45, 7) is 4.05. The lowest BCUT2D eigenvalue weighted by atomic mass is 10.1. The highest BCUT2D eigenvalue weighted by Crippen LogP contribution is 2.28. The minimum Gasteiger partial charge on any atom is -0.477 e. The van der Waals surface area contributed by atoms with Gasteiger partial charge < -0.3 is 20.1 Å². The van der Waals surface area contributed by atoms with Gasteiger partial charge in [0.25, 0.3) is 5.91 Å². The van der Waals surface area contributed by atoms with Crippen LogP contribution in [0.4, 0.5) is 5.69 Å². The molecule has 1 aliphatic heterocycles. The molecule has 1 aliphatic rings. The molecule has 1 amide bonds. The van der Waals surface area contributed by atoms with Gasteiger partial charge in [-0.05, 0) is 26.0 Å². The second-order valence-electron chi connectivity index (χ2n) is 5.49. The van der Waals surface area contributed by atoms with Crippen molar-refractivity contribution in [1.82, 2.24) is 4.90 Å². The van der Waals surface area contributed by atoms with E-state index in [4.69, 9.17) is 4.74 Å². The van der Waals surface area contributed by atoms with Crippen molar-refractivity contribution in [2.24, 2.45) is 0 Å². The standard InChI is InChI=1S/C14H20N2O3/c1-14(2,18)9-16(3)13(17)12-8-15-10-6-4-5-7-11(10)19-12/h4-7,12,15,18H,8-9H2,1-3H3. The Kier molecular flexibility index (Phi) is 3.66. The second-order valence-corrected chi connectivity index (χ2v) is 5.49. The molecule has 0 aliphatic carbocycles. The smallest absolute Gasteiger partial charge is 0.265 e. The molecule has 1 unspecified atom stereocenters. The van der Waals surface area contributed by atoms with E-state index in [0.29, 0.717) is 12.3 Å². The van der Waals surface area contributed by atoms with E-state index in [1.54, 1.807) is 20.9 Å². The first-order valence-corrected chi connectivity index (χ1v) is 6.34. The summed E-state index contributed by atoms with van der Waals surface area (Å²) < 4.78 is 5.69. The van der Waals surface area contributed by atoms with Gasteiger partial charge in [0, 0.05) is 13.6 Å². The zero-order chi connectivity index (χ0) is 14.0. The number of amides is 1. The van der Waals surface area contributed by atoms with E-state index in [2.05, 4.69) is 5.32 Å². The monoisotopic (exact) mass is 264 g/mol. The number of nitrogens with zero attached hydrogens (tertiary/aromatic N) is 1. The van der Waals surface area contributed by atoms with E-state index in [1.807, 2.05) is 24.3 Å². The zero-order valence-electron chi connectivity index (χ0n) is 11.5. The maximum Gasteiger partial charge on any atom is 0.265 e. The summed E-state index contributed by atoms with van der Waals surface area (Å²) in [6.07, 6.45) is -0.553. The molecule has 0 radical (unpaired) electrons. The highest BCUT2D eigenvalue weighted by Gasteiger charge is 2.30. The molecule has 19 heavy (non-hydrogen) atoms. The van der Waals surface area contributed by atoms with Gasteiger partial charge in [-0.1, -0.05) is 12.1 Å². The van der Waals surface area contributed by atoms with Gasteiger partial charge in [-0.25, -0.2) is 0 Å². The van der Waals surface area contributed by atoms with Crippen molar-refractivity contribution in [3.05, 3.63) is 24.3 Å².